The van der Waals surface area contributed by atoms with E-state index in [4.69, 9.17) is 9.84 Å². The third kappa shape index (κ3) is 2.70. The Kier molecular flexibility index (Phi) is 3.22. The Morgan fingerprint density at radius 2 is 2.24 bits per heavy atom. The molecule has 0 aromatic heterocycles. The summed E-state index contributed by atoms with van der Waals surface area (Å²) in [4.78, 5) is 10.8. The van der Waals surface area contributed by atoms with Crippen LogP contribution < -0.4 is 4.74 Å². The van der Waals surface area contributed by atoms with Crippen molar-refractivity contribution in [3.63, 3.8) is 0 Å². The van der Waals surface area contributed by atoms with Crippen LogP contribution in [0.25, 0.3) is 0 Å². The lowest BCUT2D eigenvalue weighted by molar-refractivity contribution is -0.137. The van der Waals surface area contributed by atoms with E-state index >= 15 is 0 Å². The Morgan fingerprint density at radius 1 is 1.53 bits per heavy atom. The Morgan fingerprint density at radius 3 is 2.71 bits per heavy atom. The number of benzene rings is 1. The monoisotopic (exact) mass is 236 g/mol. The van der Waals surface area contributed by atoms with Gasteiger partial charge >= 0.3 is 5.97 Å². The largest absolute Gasteiger partial charge is 0.504 e. The molecule has 4 nitrogen and oxygen atoms in total. The molecule has 0 amide bonds. The van der Waals surface area contributed by atoms with Crippen LogP contribution >= 0.6 is 0 Å². The van der Waals surface area contributed by atoms with Crippen LogP contribution in [0.4, 0.5) is 0 Å². The standard InChI is InChI=1S/C13H16O4/c1-17-12-5-4-9(6-11(12)14)10(7-13(15)16)8-2-3-8/h4-6,8,10,14H,2-3,7H2,1H3,(H,15,16). The minimum Gasteiger partial charge on any atom is -0.504 e. The number of ether oxygens (including phenoxy) is 1. The first kappa shape index (κ1) is 11.8. The summed E-state index contributed by atoms with van der Waals surface area (Å²) in [5, 5.41) is 18.6. The third-order valence-corrected chi connectivity index (χ3v) is 3.22. The van der Waals surface area contributed by atoms with Gasteiger partial charge in [0.05, 0.1) is 13.5 Å². The van der Waals surface area contributed by atoms with Crippen molar-refractivity contribution in [3.05, 3.63) is 23.8 Å². The zero-order chi connectivity index (χ0) is 12.4. The van der Waals surface area contributed by atoms with E-state index in [1.807, 2.05) is 6.07 Å². The van der Waals surface area contributed by atoms with Gasteiger partial charge in [0.15, 0.2) is 11.5 Å². The first-order chi connectivity index (χ1) is 8.11. The number of aromatic hydroxyl groups is 1. The first-order valence-electron chi connectivity index (χ1n) is 5.70. The van der Waals surface area contributed by atoms with Gasteiger partial charge in [-0.05, 0) is 42.4 Å². The number of aliphatic carboxylic acids is 1. The molecule has 1 atom stereocenters. The zero-order valence-corrected chi connectivity index (χ0v) is 9.72. The molecule has 4 heteroatoms. The van der Waals surface area contributed by atoms with Gasteiger partial charge in [-0.25, -0.2) is 0 Å². The van der Waals surface area contributed by atoms with Crippen molar-refractivity contribution in [2.75, 3.05) is 7.11 Å². The number of methoxy groups -OCH3 is 1. The van der Waals surface area contributed by atoms with Crippen LogP contribution in [0.5, 0.6) is 11.5 Å². The van der Waals surface area contributed by atoms with E-state index in [0.717, 1.165) is 18.4 Å². The lowest BCUT2D eigenvalue weighted by Gasteiger charge is -2.15. The third-order valence-electron chi connectivity index (χ3n) is 3.22. The quantitative estimate of drug-likeness (QED) is 0.823. The molecule has 0 radical (unpaired) electrons. The van der Waals surface area contributed by atoms with Crippen LogP contribution in [0.15, 0.2) is 18.2 Å². The number of rotatable bonds is 5. The summed E-state index contributed by atoms with van der Waals surface area (Å²) in [6.07, 6.45) is 2.27. The fraction of sp³-hybridized carbons (Fsp3) is 0.462. The van der Waals surface area contributed by atoms with Crippen molar-refractivity contribution >= 4 is 5.97 Å². The van der Waals surface area contributed by atoms with Gasteiger partial charge in [0.25, 0.3) is 0 Å². The van der Waals surface area contributed by atoms with Crippen LogP contribution in [0, 0.1) is 5.92 Å². The maximum atomic E-state index is 10.8. The van der Waals surface area contributed by atoms with E-state index < -0.39 is 5.97 Å². The van der Waals surface area contributed by atoms with Gasteiger partial charge in [-0.3, -0.25) is 4.79 Å². The fourth-order valence-electron chi connectivity index (χ4n) is 2.18. The molecule has 0 aliphatic heterocycles. The molecule has 0 saturated heterocycles. The predicted octanol–water partition coefficient (Wildman–Crippen LogP) is 2.37. The van der Waals surface area contributed by atoms with Gasteiger partial charge < -0.3 is 14.9 Å². The van der Waals surface area contributed by atoms with Crippen molar-refractivity contribution in [2.24, 2.45) is 5.92 Å². The number of phenols is 1. The molecule has 1 aliphatic rings. The molecular weight excluding hydrogens is 220 g/mol. The highest BCUT2D eigenvalue weighted by molar-refractivity contribution is 5.68. The van der Waals surface area contributed by atoms with Crippen LogP contribution in [-0.2, 0) is 4.79 Å². The second-order valence-electron chi connectivity index (χ2n) is 4.47. The SMILES string of the molecule is COc1ccc(C(CC(=O)O)C2CC2)cc1O. The molecule has 17 heavy (non-hydrogen) atoms. The van der Waals surface area contributed by atoms with Gasteiger partial charge in [-0.15, -0.1) is 0 Å². The Bertz CT molecular complexity index is 423. The summed E-state index contributed by atoms with van der Waals surface area (Å²) in [5.74, 6) is 0.139. The van der Waals surface area contributed by atoms with Gasteiger partial charge in [0.2, 0.25) is 0 Å². The summed E-state index contributed by atoms with van der Waals surface area (Å²) in [7, 11) is 1.49. The van der Waals surface area contributed by atoms with Gasteiger partial charge in [0, 0.05) is 0 Å². The first-order valence-corrected chi connectivity index (χ1v) is 5.70. The molecule has 0 spiro atoms. The molecule has 1 fully saturated rings. The number of hydrogen-bond acceptors (Lipinski definition) is 3. The van der Waals surface area contributed by atoms with Crippen molar-refractivity contribution < 1.29 is 19.7 Å². The van der Waals surface area contributed by atoms with Gasteiger partial charge in [0.1, 0.15) is 0 Å². The molecule has 1 aliphatic carbocycles. The van der Waals surface area contributed by atoms with E-state index in [1.165, 1.54) is 7.11 Å². The highest BCUT2D eigenvalue weighted by Gasteiger charge is 2.34. The Hall–Kier alpha value is -1.71. The van der Waals surface area contributed by atoms with E-state index in [1.54, 1.807) is 12.1 Å². The predicted molar refractivity (Wildman–Crippen MR) is 62.4 cm³/mol. The highest BCUT2D eigenvalue weighted by Crippen LogP contribution is 2.45. The summed E-state index contributed by atoms with van der Waals surface area (Å²) in [6, 6.07) is 5.14. The summed E-state index contributed by atoms with van der Waals surface area (Å²) in [6.45, 7) is 0. The van der Waals surface area contributed by atoms with Crippen molar-refractivity contribution in [3.8, 4) is 11.5 Å². The number of carboxylic acid groups (broad SMARTS) is 1. The molecule has 2 rings (SSSR count). The Balaban J connectivity index is 2.23. The topological polar surface area (TPSA) is 66.8 Å². The van der Waals surface area contributed by atoms with Crippen LogP contribution in [0.3, 0.4) is 0 Å². The second-order valence-corrected chi connectivity index (χ2v) is 4.47. The number of phenolic OH excluding ortho intramolecular Hbond substituents is 1. The summed E-state index contributed by atoms with van der Waals surface area (Å²) >= 11 is 0. The lowest BCUT2D eigenvalue weighted by Crippen LogP contribution is -2.08. The van der Waals surface area contributed by atoms with Gasteiger partial charge in [-0.2, -0.15) is 0 Å². The molecule has 0 bridgehead atoms. The highest BCUT2D eigenvalue weighted by atomic mass is 16.5. The van der Waals surface area contributed by atoms with E-state index in [9.17, 15) is 9.90 Å². The molecule has 2 N–H and O–H groups in total. The summed E-state index contributed by atoms with van der Waals surface area (Å²) < 4.78 is 4.97. The molecule has 92 valence electrons. The normalized spacial score (nSPS) is 16.5. The number of hydrogen-bond donors (Lipinski definition) is 2. The maximum Gasteiger partial charge on any atom is 0.303 e. The van der Waals surface area contributed by atoms with Crippen LogP contribution in [0.2, 0.25) is 0 Å². The molecule has 0 heterocycles. The molecule has 1 aromatic carbocycles. The molecular formula is C13H16O4. The molecule has 1 unspecified atom stereocenters. The second kappa shape index (κ2) is 4.65. The minimum absolute atomic E-state index is 0.00399. The van der Waals surface area contributed by atoms with E-state index in [2.05, 4.69) is 0 Å². The van der Waals surface area contributed by atoms with Crippen LogP contribution in [-0.4, -0.2) is 23.3 Å². The molecule has 1 saturated carbocycles. The zero-order valence-electron chi connectivity index (χ0n) is 9.72. The minimum atomic E-state index is -0.794. The Labute approximate surface area is 99.8 Å². The fourth-order valence-corrected chi connectivity index (χ4v) is 2.18. The van der Waals surface area contributed by atoms with Crippen molar-refractivity contribution in [2.45, 2.75) is 25.2 Å². The van der Waals surface area contributed by atoms with E-state index in [-0.39, 0.29) is 18.1 Å². The van der Waals surface area contributed by atoms with Gasteiger partial charge in [-0.1, -0.05) is 6.07 Å². The average molecular weight is 236 g/mol. The van der Waals surface area contributed by atoms with Crippen molar-refractivity contribution in [1.82, 2.24) is 0 Å². The number of carboxylic acids is 1. The van der Waals surface area contributed by atoms with Crippen molar-refractivity contribution in [1.29, 1.82) is 0 Å². The number of carbonyl (C=O) groups is 1. The maximum absolute atomic E-state index is 10.8. The molecule has 1 aromatic rings. The van der Waals surface area contributed by atoms with Crippen LogP contribution in [0.1, 0.15) is 30.7 Å². The summed E-state index contributed by atoms with van der Waals surface area (Å²) in [5.41, 5.74) is 0.883. The van der Waals surface area contributed by atoms with E-state index in [0.29, 0.717) is 11.7 Å². The lowest BCUT2D eigenvalue weighted by atomic mass is 9.91. The smallest absolute Gasteiger partial charge is 0.303 e. The average Bonchev–Trinajstić information content (AvgIpc) is 3.09.